The van der Waals surface area contributed by atoms with E-state index in [0.29, 0.717) is 12.3 Å². The number of hydrogen-bond donors (Lipinski definition) is 1. The SMILES string of the molecule is Cc1ccc(CN2Cc3ccnn3C(CCNC(=O)c3ccco3)C2)o1. The van der Waals surface area contributed by atoms with Gasteiger partial charge in [-0.3, -0.25) is 14.4 Å². The van der Waals surface area contributed by atoms with Crippen molar-refractivity contribution in [3.63, 3.8) is 0 Å². The molecule has 1 N–H and O–H groups in total. The molecule has 1 unspecified atom stereocenters. The van der Waals surface area contributed by atoms with Gasteiger partial charge in [0.25, 0.3) is 5.91 Å². The van der Waals surface area contributed by atoms with E-state index >= 15 is 0 Å². The first-order valence-corrected chi connectivity index (χ1v) is 8.81. The number of carbonyl (C=O) groups excluding carboxylic acids is 1. The largest absolute Gasteiger partial charge is 0.465 e. The second kappa shape index (κ2) is 7.21. The molecule has 1 aliphatic heterocycles. The Bertz CT molecular complexity index is 865. The highest BCUT2D eigenvalue weighted by Gasteiger charge is 2.26. The van der Waals surface area contributed by atoms with Crippen LogP contribution in [0.1, 0.15) is 40.2 Å². The molecule has 0 aromatic carbocycles. The van der Waals surface area contributed by atoms with E-state index in [1.807, 2.05) is 31.3 Å². The molecule has 26 heavy (non-hydrogen) atoms. The summed E-state index contributed by atoms with van der Waals surface area (Å²) in [6.45, 7) is 5.00. The van der Waals surface area contributed by atoms with Crippen LogP contribution in [-0.2, 0) is 13.1 Å². The number of rotatable bonds is 6. The standard InChI is InChI=1S/C19H22N4O3/c1-14-4-5-17(26-14)13-22-11-15(23-16(12-22)7-9-21-23)6-8-20-19(24)18-3-2-10-25-18/h2-5,7,9-10,15H,6,8,11-13H2,1H3,(H,20,24). The lowest BCUT2D eigenvalue weighted by Gasteiger charge is -2.33. The fourth-order valence-corrected chi connectivity index (χ4v) is 3.44. The predicted octanol–water partition coefficient (Wildman–Crippen LogP) is 2.75. The van der Waals surface area contributed by atoms with Crippen LogP contribution in [0.2, 0.25) is 0 Å². The van der Waals surface area contributed by atoms with Crippen LogP contribution < -0.4 is 5.32 Å². The Kier molecular flexibility index (Phi) is 4.62. The number of furan rings is 2. The average molecular weight is 354 g/mol. The summed E-state index contributed by atoms with van der Waals surface area (Å²) in [7, 11) is 0. The minimum Gasteiger partial charge on any atom is -0.465 e. The normalized spacial score (nSPS) is 17.2. The molecule has 4 rings (SSSR count). The highest BCUT2D eigenvalue weighted by atomic mass is 16.3. The first-order valence-electron chi connectivity index (χ1n) is 8.81. The summed E-state index contributed by atoms with van der Waals surface area (Å²) in [5.74, 6) is 2.05. The van der Waals surface area contributed by atoms with Gasteiger partial charge in [-0.2, -0.15) is 5.10 Å². The number of fused-ring (bicyclic) bond motifs is 1. The summed E-state index contributed by atoms with van der Waals surface area (Å²) in [5.41, 5.74) is 1.18. The molecule has 3 aromatic rings. The molecule has 0 aliphatic carbocycles. The zero-order chi connectivity index (χ0) is 17.9. The lowest BCUT2D eigenvalue weighted by atomic mass is 10.1. The topological polar surface area (TPSA) is 76.4 Å². The molecule has 7 heteroatoms. The van der Waals surface area contributed by atoms with Gasteiger partial charge in [-0.25, -0.2) is 0 Å². The summed E-state index contributed by atoms with van der Waals surface area (Å²) in [5, 5.41) is 7.38. The minimum absolute atomic E-state index is 0.186. The zero-order valence-corrected chi connectivity index (χ0v) is 14.7. The van der Waals surface area contributed by atoms with E-state index in [9.17, 15) is 4.79 Å². The number of nitrogens with zero attached hydrogens (tertiary/aromatic N) is 3. The quantitative estimate of drug-likeness (QED) is 0.737. The van der Waals surface area contributed by atoms with E-state index in [-0.39, 0.29) is 11.9 Å². The van der Waals surface area contributed by atoms with Crippen LogP contribution in [0.3, 0.4) is 0 Å². The van der Waals surface area contributed by atoms with Crippen LogP contribution in [0.15, 0.2) is 51.6 Å². The molecule has 0 saturated heterocycles. The second-order valence-electron chi connectivity index (χ2n) is 6.62. The van der Waals surface area contributed by atoms with Crippen molar-refractivity contribution in [3.8, 4) is 0 Å². The van der Waals surface area contributed by atoms with E-state index in [0.717, 1.165) is 37.6 Å². The van der Waals surface area contributed by atoms with Crippen molar-refractivity contribution < 1.29 is 13.6 Å². The van der Waals surface area contributed by atoms with Crippen LogP contribution in [-0.4, -0.2) is 33.7 Å². The van der Waals surface area contributed by atoms with Crippen LogP contribution >= 0.6 is 0 Å². The lowest BCUT2D eigenvalue weighted by molar-refractivity contribution is 0.0919. The molecule has 1 amide bonds. The van der Waals surface area contributed by atoms with E-state index in [2.05, 4.69) is 20.0 Å². The van der Waals surface area contributed by atoms with Gasteiger partial charge in [-0.05, 0) is 43.7 Å². The molecule has 136 valence electrons. The van der Waals surface area contributed by atoms with Gasteiger partial charge in [0, 0.05) is 25.8 Å². The maximum Gasteiger partial charge on any atom is 0.286 e. The highest BCUT2D eigenvalue weighted by Crippen LogP contribution is 2.24. The monoisotopic (exact) mass is 354 g/mol. The van der Waals surface area contributed by atoms with Gasteiger partial charge in [0.2, 0.25) is 0 Å². The summed E-state index contributed by atoms with van der Waals surface area (Å²) in [6, 6.07) is 9.65. The van der Waals surface area contributed by atoms with Crippen molar-refractivity contribution in [2.75, 3.05) is 13.1 Å². The number of amides is 1. The number of aryl methyl sites for hydroxylation is 1. The zero-order valence-electron chi connectivity index (χ0n) is 14.7. The Morgan fingerprint density at radius 1 is 1.35 bits per heavy atom. The third-order valence-electron chi connectivity index (χ3n) is 4.64. The number of nitrogens with one attached hydrogen (secondary N) is 1. The van der Waals surface area contributed by atoms with E-state index in [1.165, 1.54) is 12.0 Å². The van der Waals surface area contributed by atoms with E-state index < -0.39 is 0 Å². The molecule has 0 fully saturated rings. The van der Waals surface area contributed by atoms with Gasteiger partial charge in [0.15, 0.2) is 5.76 Å². The Labute approximate surface area is 151 Å². The molecular formula is C19H22N4O3. The van der Waals surface area contributed by atoms with Crippen molar-refractivity contribution in [3.05, 3.63) is 65.8 Å². The Morgan fingerprint density at radius 2 is 2.27 bits per heavy atom. The van der Waals surface area contributed by atoms with Crippen molar-refractivity contribution in [2.45, 2.75) is 32.5 Å². The third-order valence-corrected chi connectivity index (χ3v) is 4.64. The van der Waals surface area contributed by atoms with E-state index in [4.69, 9.17) is 8.83 Å². The second-order valence-corrected chi connectivity index (χ2v) is 6.62. The van der Waals surface area contributed by atoms with Crippen molar-refractivity contribution in [2.24, 2.45) is 0 Å². The molecule has 0 spiro atoms. The summed E-state index contributed by atoms with van der Waals surface area (Å²) >= 11 is 0. The van der Waals surface area contributed by atoms with Gasteiger partial charge in [0.05, 0.1) is 24.5 Å². The smallest absolute Gasteiger partial charge is 0.286 e. The fourth-order valence-electron chi connectivity index (χ4n) is 3.44. The lowest BCUT2D eigenvalue weighted by Crippen LogP contribution is -2.38. The summed E-state index contributed by atoms with van der Waals surface area (Å²) in [6.07, 6.45) is 4.14. The van der Waals surface area contributed by atoms with Crippen LogP contribution in [0.5, 0.6) is 0 Å². The van der Waals surface area contributed by atoms with Crippen molar-refractivity contribution >= 4 is 5.91 Å². The Morgan fingerprint density at radius 3 is 3.04 bits per heavy atom. The Hall–Kier alpha value is -2.80. The summed E-state index contributed by atoms with van der Waals surface area (Å²) in [4.78, 5) is 14.4. The minimum atomic E-state index is -0.186. The first-order chi connectivity index (χ1) is 12.7. The highest BCUT2D eigenvalue weighted by molar-refractivity contribution is 5.91. The molecular weight excluding hydrogens is 332 g/mol. The average Bonchev–Trinajstić information content (AvgIpc) is 3.36. The predicted molar refractivity (Wildman–Crippen MR) is 94.5 cm³/mol. The first kappa shape index (κ1) is 16.7. The fraction of sp³-hybridized carbons (Fsp3) is 0.368. The molecule has 4 heterocycles. The number of aromatic nitrogens is 2. The van der Waals surface area contributed by atoms with Gasteiger partial charge in [-0.1, -0.05) is 0 Å². The molecule has 7 nitrogen and oxygen atoms in total. The summed E-state index contributed by atoms with van der Waals surface area (Å²) < 4.78 is 12.9. The molecule has 0 saturated carbocycles. The number of hydrogen-bond acceptors (Lipinski definition) is 5. The van der Waals surface area contributed by atoms with Crippen molar-refractivity contribution in [1.82, 2.24) is 20.0 Å². The van der Waals surface area contributed by atoms with Gasteiger partial charge in [-0.15, -0.1) is 0 Å². The van der Waals surface area contributed by atoms with Gasteiger partial charge >= 0.3 is 0 Å². The number of carbonyl (C=O) groups is 1. The maximum absolute atomic E-state index is 12.0. The Balaban J connectivity index is 1.37. The van der Waals surface area contributed by atoms with Gasteiger partial charge in [0.1, 0.15) is 11.5 Å². The molecule has 1 aliphatic rings. The van der Waals surface area contributed by atoms with Crippen molar-refractivity contribution in [1.29, 1.82) is 0 Å². The van der Waals surface area contributed by atoms with Crippen LogP contribution in [0.25, 0.3) is 0 Å². The van der Waals surface area contributed by atoms with Gasteiger partial charge < -0.3 is 14.2 Å². The molecule has 1 atom stereocenters. The van der Waals surface area contributed by atoms with Crippen LogP contribution in [0, 0.1) is 6.92 Å². The molecule has 0 radical (unpaired) electrons. The molecule has 0 bridgehead atoms. The van der Waals surface area contributed by atoms with Crippen LogP contribution in [0.4, 0.5) is 0 Å². The maximum atomic E-state index is 12.0. The molecule has 3 aromatic heterocycles. The van der Waals surface area contributed by atoms with E-state index in [1.54, 1.807) is 12.1 Å². The third kappa shape index (κ3) is 3.57.